The first kappa shape index (κ1) is 16.4. The van der Waals surface area contributed by atoms with Crippen LogP contribution < -0.4 is 10.0 Å². The van der Waals surface area contributed by atoms with Gasteiger partial charge in [0.1, 0.15) is 5.82 Å². The maximum Gasteiger partial charge on any atom is 0.240 e. The van der Waals surface area contributed by atoms with Crippen LogP contribution in [0, 0.1) is 12.7 Å². The van der Waals surface area contributed by atoms with E-state index in [1.165, 1.54) is 19.2 Å². The quantitative estimate of drug-likeness (QED) is 0.710. The Kier molecular flexibility index (Phi) is 5.32. The molecule has 0 amide bonds. The number of methoxy groups -OCH3 is 1. The monoisotopic (exact) mass is 316 g/mol. The molecule has 2 N–H and O–H groups in total. The zero-order chi connectivity index (χ0) is 15.5. The Hall–Kier alpha value is -1.02. The van der Waals surface area contributed by atoms with Crippen molar-refractivity contribution >= 4 is 10.0 Å². The molecule has 0 atom stereocenters. The molecule has 1 saturated carbocycles. The molecule has 1 aromatic carbocycles. The van der Waals surface area contributed by atoms with Gasteiger partial charge in [-0.2, -0.15) is 0 Å². The minimum atomic E-state index is -3.64. The first-order valence-corrected chi connectivity index (χ1v) is 8.43. The van der Waals surface area contributed by atoms with Crippen molar-refractivity contribution in [3.05, 3.63) is 29.1 Å². The lowest BCUT2D eigenvalue weighted by Gasteiger charge is -2.12. The zero-order valence-electron chi connectivity index (χ0n) is 12.3. The summed E-state index contributed by atoms with van der Waals surface area (Å²) in [5.74, 6) is -0.348. The van der Waals surface area contributed by atoms with Gasteiger partial charge in [-0.3, -0.25) is 0 Å². The molecule has 0 radical (unpaired) electrons. The Morgan fingerprint density at radius 1 is 1.38 bits per heavy atom. The number of ether oxygens (including phenoxy) is 1. The molecule has 1 aliphatic carbocycles. The number of aryl methyl sites for hydroxylation is 1. The average Bonchev–Trinajstić information content (AvgIpc) is 3.24. The van der Waals surface area contributed by atoms with Crippen LogP contribution in [0.5, 0.6) is 0 Å². The van der Waals surface area contributed by atoms with Gasteiger partial charge in [0.15, 0.2) is 0 Å². The molecule has 7 heteroatoms. The standard InChI is InChI=1S/C14H21FN2O3S/c1-10-7-13(21(18,19)17-5-6-20-2)8-11(14(10)15)9-16-12-3-4-12/h7-8,12,16-17H,3-6,9H2,1-2H3. The minimum absolute atomic E-state index is 0.0881. The van der Waals surface area contributed by atoms with Gasteiger partial charge in [-0.15, -0.1) is 0 Å². The highest BCUT2D eigenvalue weighted by molar-refractivity contribution is 7.89. The first-order valence-electron chi connectivity index (χ1n) is 6.95. The molecule has 21 heavy (non-hydrogen) atoms. The normalized spacial score (nSPS) is 15.4. The predicted octanol–water partition coefficient (Wildman–Crippen LogP) is 1.31. The van der Waals surface area contributed by atoms with Gasteiger partial charge in [0.25, 0.3) is 0 Å². The Morgan fingerprint density at radius 3 is 2.71 bits per heavy atom. The van der Waals surface area contributed by atoms with Crippen LogP contribution in [0.25, 0.3) is 0 Å². The van der Waals surface area contributed by atoms with E-state index in [-0.39, 0.29) is 23.9 Å². The lowest BCUT2D eigenvalue weighted by atomic mass is 10.1. The lowest BCUT2D eigenvalue weighted by Crippen LogP contribution is -2.27. The molecule has 0 aromatic heterocycles. The molecule has 1 fully saturated rings. The molecular formula is C14H21FN2O3S. The summed E-state index contributed by atoms with van der Waals surface area (Å²) in [6.45, 7) is 2.39. The summed E-state index contributed by atoms with van der Waals surface area (Å²) in [6.07, 6.45) is 2.19. The number of nitrogens with one attached hydrogen (secondary N) is 2. The van der Waals surface area contributed by atoms with Crippen LogP contribution in [-0.4, -0.2) is 34.7 Å². The third-order valence-electron chi connectivity index (χ3n) is 3.37. The van der Waals surface area contributed by atoms with E-state index in [1.807, 2.05) is 0 Å². The molecule has 118 valence electrons. The fourth-order valence-corrected chi connectivity index (χ4v) is 3.14. The smallest absolute Gasteiger partial charge is 0.240 e. The molecular weight excluding hydrogens is 295 g/mol. The molecule has 0 spiro atoms. The summed E-state index contributed by atoms with van der Waals surface area (Å²) in [6, 6.07) is 3.18. The molecule has 0 unspecified atom stereocenters. The maximum absolute atomic E-state index is 14.1. The molecule has 1 aliphatic rings. The fraction of sp³-hybridized carbons (Fsp3) is 0.571. The average molecular weight is 316 g/mol. The van der Waals surface area contributed by atoms with Crippen molar-refractivity contribution < 1.29 is 17.5 Å². The van der Waals surface area contributed by atoms with Crippen LogP contribution in [0.15, 0.2) is 17.0 Å². The first-order chi connectivity index (χ1) is 9.94. The zero-order valence-corrected chi connectivity index (χ0v) is 13.1. The van der Waals surface area contributed by atoms with Crippen LogP contribution in [0.4, 0.5) is 4.39 Å². The third kappa shape index (κ3) is 4.47. The van der Waals surface area contributed by atoms with E-state index in [2.05, 4.69) is 10.0 Å². The van der Waals surface area contributed by atoms with Crippen molar-refractivity contribution in [1.82, 2.24) is 10.0 Å². The van der Waals surface area contributed by atoms with Crippen molar-refractivity contribution in [2.75, 3.05) is 20.3 Å². The van der Waals surface area contributed by atoms with Gasteiger partial charge in [0, 0.05) is 31.8 Å². The highest BCUT2D eigenvalue weighted by atomic mass is 32.2. The summed E-state index contributed by atoms with van der Waals surface area (Å²) < 4.78 is 45.6. The largest absolute Gasteiger partial charge is 0.383 e. The van der Waals surface area contributed by atoms with Gasteiger partial charge in [-0.05, 0) is 37.5 Å². The molecule has 1 aromatic rings. The molecule has 0 heterocycles. The number of halogens is 1. The van der Waals surface area contributed by atoms with Crippen molar-refractivity contribution in [1.29, 1.82) is 0 Å². The molecule has 0 saturated heterocycles. The second kappa shape index (κ2) is 6.83. The minimum Gasteiger partial charge on any atom is -0.383 e. The van der Waals surface area contributed by atoms with Crippen molar-refractivity contribution in [2.24, 2.45) is 0 Å². The second-order valence-electron chi connectivity index (χ2n) is 5.26. The molecule has 5 nitrogen and oxygen atoms in total. The van der Waals surface area contributed by atoms with Crippen LogP contribution in [0.2, 0.25) is 0 Å². The van der Waals surface area contributed by atoms with Crippen LogP contribution >= 0.6 is 0 Å². The Morgan fingerprint density at radius 2 is 2.10 bits per heavy atom. The Bertz CT molecular complexity index is 600. The summed E-state index contributed by atoms with van der Waals surface area (Å²) in [5, 5.41) is 3.20. The summed E-state index contributed by atoms with van der Waals surface area (Å²) in [4.78, 5) is 0.0881. The number of hydrogen-bond donors (Lipinski definition) is 2. The highest BCUT2D eigenvalue weighted by Gasteiger charge is 2.22. The van der Waals surface area contributed by atoms with Crippen LogP contribution in [-0.2, 0) is 21.3 Å². The summed E-state index contributed by atoms with van der Waals surface area (Å²) in [5.41, 5.74) is 0.714. The Labute approximate surface area is 124 Å². The fourth-order valence-electron chi connectivity index (χ4n) is 1.99. The van der Waals surface area contributed by atoms with Crippen molar-refractivity contribution in [3.63, 3.8) is 0 Å². The van der Waals surface area contributed by atoms with Gasteiger partial charge in [0.05, 0.1) is 11.5 Å². The van der Waals surface area contributed by atoms with E-state index in [1.54, 1.807) is 6.92 Å². The van der Waals surface area contributed by atoms with Gasteiger partial charge < -0.3 is 10.1 Å². The maximum atomic E-state index is 14.1. The van der Waals surface area contributed by atoms with Gasteiger partial charge in [0.2, 0.25) is 10.0 Å². The van der Waals surface area contributed by atoms with Gasteiger partial charge in [-0.1, -0.05) is 0 Å². The van der Waals surface area contributed by atoms with Crippen molar-refractivity contribution in [3.8, 4) is 0 Å². The van der Waals surface area contributed by atoms with E-state index in [0.29, 0.717) is 23.7 Å². The van der Waals surface area contributed by atoms with Crippen LogP contribution in [0.3, 0.4) is 0 Å². The molecule has 0 bridgehead atoms. The van der Waals surface area contributed by atoms with Crippen molar-refractivity contribution in [2.45, 2.75) is 37.2 Å². The van der Waals surface area contributed by atoms with Gasteiger partial charge in [-0.25, -0.2) is 17.5 Å². The number of benzene rings is 1. The number of rotatable bonds is 8. The topological polar surface area (TPSA) is 67.4 Å². The molecule has 2 rings (SSSR count). The second-order valence-corrected chi connectivity index (χ2v) is 7.03. The van der Waals surface area contributed by atoms with E-state index in [0.717, 1.165) is 12.8 Å². The Balaban J connectivity index is 2.18. The van der Waals surface area contributed by atoms with Crippen LogP contribution in [0.1, 0.15) is 24.0 Å². The number of sulfonamides is 1. The van der Waals surface area contributed by atoms with E-state index < -0.39 is 10.0 Å². The SMILES string of the molecule is COCCNS(=O)(=O)c1cc(C)c(F)c(CNC2CC2)c1. The summed E-state index contributed by atoms with van der Waals surface area (Å²) in [7, 11) is -2.14. The third-order valence-corrected chi connectivity index (χ3v) is 4.81. The van der Waals surface area contributed by atoms with E-state index >= 15 is 0 Å². The summed E-state index contributed by atoms with van der Waals surface area (Å²) >= 11 is 0. The lowest BCUT2D eigenvalue weighted by molar-refractivity contribution is 0.204. The van der Waals surface area contributed by atoms with Gasteiger partial charge >= 0.3 is 0 Å². The van der Waals surface area contributed by atoms with E-state index in [4.69, 9.17) is 4.74 Å². The molecule has 0 aliphatic heterocycles. The number of hydrogen-bond acceptors (Lipinski definition) is 4. The highest BCUT2D eigenvalue weighted by Crippen LogP contribution is 2.22. The predicted molar refractivity (Wildman–Crippen MR) is 78.1 cm³/mol. The van der Waals surface area contributed by atoms with E-state index in [9.17, 15) is 12.8 Å².